The minimum atomic E-state index is -0.377. The van der Waals surface area contributed by atoms with Gasteiger partial charge in [-0.1, -0.05) is 30.7 Å². The molecule has 2 aromatic carbocycles. The van der Waals surface area contributed by atoms with Gasteiger partial charge in [0.1, 0.15) is 17.3 Å². The lowest BCUT2D eigenvalue weighted by molar-refractivity contribution is 0.480. The molecule has 0 saturated carbocycles. The molecule has 0 radical (unpaired) electrons. The standard InChI is InChI=1S/C15H15ClFNO/c1-2-18-10-11-4-3-5-13(8-11)19-15-7-6-12(17)9-14(15)16/h3-9,18H,2,10H2,1H3. The summed E-state index contributed by atoms with van der Waals surface area (Å²) in [5.74, 6) is 0.755. The van der Waals surface area contributed by atoms with Crippen molar-refractivity contribution in [3.8, 4) is 11.5 Å². The van der Waals surface area contributed by atoms with Crippen LogP contribution in [0.4, 0.5) is 4.39 Å². The summed E-state index contributed by atoms with van der Waals surface area (Å²) in [6, 6.07) is 11.8. The molecule has 0 aliphatic carbocycles. The van der Waals surface area contributed by atoms with Gasteiger partial charge < -0.3 is 10.1 Å². The van der Waals surface area contributed by atoms with Crippen molar-refractivity contribution in [3.05, 3.63) is 58.9 Å². The molecule has 0 spiro atoms. The van der Waals surface area contributed by atoms with Crippen LogP contribution in [0.3, 0.4) is 0 Å². The van der Waals surface area contributed by atoms with Crippen LogP contribution < -0.4 is 10.1 Å². The van der Waals surface area contributed by atoms with Crippen LogP contribution in [0.2, 0.25) is 5.02 Å². The minimum Gasteiger partial charge on any atom is -0.456 e. The predicted octanol–water partition coefficient (Wildman–Crippen LogP) is 4.38. The third-order valence-corrected chi connectivity index (χ3v) is 2.89. The highest BCUT2D eigenvalue weighted by molar-refractivity contribution is 6.32. The Morgan fingerprint density at radius 1 is 1.21 bits per heavy atom. The van der Waals surface area contributed by atoms with E-state index < -0.39 is 0 Å². The molecule has 0 amide bonds. The van der Waals surface area contributed by atoms with E-state index in [2.05, 4.69) is 12.2 Å². The van der Waals surface area contributed by atoms with E-state index >= 15 is 0 Å². The fourth-order valence-electron chi connectivity index (χ4n) is 1.67. The zero-order chi connectivity index (χ0) is 13.7. The van der Waals surface area contributed by atoms with Crippen LogP contribution in [0.1, 0.15) is 12.5 Å². The Hall–Kier alpha value is -1.58. The summed E-state index contributed by atoms with van der Waals surface area (Å²) in [7, 11) is 0. The highest BCUT2D eigenvalue weighted by Crippen LogP contribution is 2.30. The van der Waals surface area contributed by atoms with Crippen LogP contribution in [0.5, 0.6) is 11.5 Å². The van der Waals surface area contributed by atoms with E-state index in [9.17, 15) is 4.39 Å². The molecule has 100 valence electrons. The molecule has 0 aliphatic rings. The van der Waals surface area contributed by atoms with Crippen molar-refractivity contribution in [2.45, 2.75) is 13.5 Å². The number of halogens is 2. The summed E-state index contributed by atoms with van der Waals surface area (Å²) in [4.78, 5) is 0. The summed E-state index contributed by atoms with van der Waals surface area (Å²) in [5, 5.41) is 3.50. The summed E-state index contributed by atoms with van der Waals surface area (Å²) in [6.07, 6.45) is 0. The topological polar surface area (TPSA) is 21.3 Å². The van der Waals surface area contributed by atoms with Crippen molar-refractivity contribution < 1.29 is 9.13 Å². The first-order valence-electron chi connectivity index (χ1n) is 6.11. The van der Waals surface area contributed by atoms with Gasteiger partial charge in [0.25, 0.3) is 0 Å². The summed E-state index contributed by atoms with van der Waals surface area (Å²) < 4.78 is 18.6. The maximum atomic E-state index is 12.9. The van der Waals surface area contributed by atoms with Crippen LogP contribution in [0, 0.1) is 5.82 Å². The summed E-state index contributed by atoms with van der Waals surface area (Å²) in [5.41, 5.74) is 1.12. The molecule has 1 N–H and O–H groups in total. The Balaban J connectivity index is 2.14. The van der Waals surface area contributed by atoms with Crippen molar-refractivity contribution in [1.82, 2.24) is 5.32 Å². The summed E-state index contributed by atoms with van der Waals surface area (Å²) >= 11 is 5.93. The van der Waals surface area contributed by atoms with Gasteiger partial charge in [0, 0.05) is 6.54 Å². The van der Waals surface area contributed by atoms with E-state index in [1.165, 1.54) is 18.2 Å². The number of hydrogen-bond acceptors (Lipinski definition) is 2. The first-order valence-corrected chi connectivity index (χ1v) is 6.49. The van der Waals surface area contributed by atoms with Gasteiger partial charge in [-0.3, -0.25) is 0 Å². The fourth-order valence-corrected chi connectivity index (χ4v) is 1.88. The Morgan fingerprint density at radius 3 is 2.79 bits per heavy atom. The van der Waals surface area contributed by atoms with Gasteiger partial charge in [0.05, 0.1) is 5.02 Å². The second kappa shape index (κ2) is 6.55. The average Bonchev–Trinajstić information content (AvgIpc) is 2.40. The Labute approximate surface area is 117 Å². The van der Waals surface area contributed by atoms with Gasteiger partial charge in [0.15, 0.2) is 0 Å². The van der Waals surface area contributed by atoms with Gasteiger partial charge in [-0.15, -0.1) is 0 Å². The van der Waals surface area contributed by atoms with E-state index in [0.29, 0.717) is 11.5 Å². The molecule has 2 rings (SSSR count). The third-order valence-electron chi connectivity index (χ3n) is 2.60. The lowest BCUT2D eigenvalue weighted by atomic mass is 10.2. The normalized spacial score (nSPS) is 10.5. The highest BCUT2D eigenvalue weighted by Gasteiger charge is 2.05. The molecule has 0 saturated heterocycles. The van der Waals surface area contributed by atoms with Crippen LogP contribution in [0.25, 0.3) is 0 Å². The zero-order valence-corrected chi connectivity index (χ0v) is 11.4. The van der Waals surface area contributed by atoms with Gasteiger partial charge in [-0.2, -0.15) is 0 Å². The third kappa shape index (κ3) is 3.94. The van der Waals surface area contributed by atoms with Gasteiger partial charge >= 0.3 is 0 Å². The van der Waals surface area contributed by atoms with Crippen molar-refractivity contribution in [2.75, 3.05) is 6.54 Å². The second-order valence-corrected chi connectivity index (χ2v) is 4.51. The molecule has 0 aliphatic heterocycles. The van der Waals surface area contributed by atoms with Gasteiger partial charge in [-0.25, -0.2) is 4.39 Å². The molecular weight excluding hydrogens is 265 g/mol. The van der Waals surface area contributed by atoms with E-state index in [1.54, 1.807) is 0 Å². The Bertz CT molecular complexity index is 560. The van der Waals surface area contributed by atoms with Crippen molar-refractivity contribution in [3.63, 3.8) is 0 Å². The highest BCUT2D eigenvalue weighted by atomic mass is 35.5. The fraction of sp³-hybridized carbons (Fsp3) is 0.200. The van der Waals surface area contributed by atoms with Crippen molar-refractivity contribution >= 4 is 11.6 Å². The number of benzene rings is 2. The van der Waals surface area contributed by atoms with Gasteiger partial charge in [0.2, 0.25) is 0 Å². The molecule has 4 heteroatoms. The summed E-state index contributed by atoms with van der Waals surface area (Å²) in [6.45, 7) is 3.75. The number of nitrogens with one attached hydrogen (secondary N) is 1. The second-order valence-electron chi connectivity index (χ2n) is 4.10. The smallest absolute Gasteiger partial charge is 0.146 e. The molecule has 19 heavy (non-hydrogen) atoms. The molecule has 0 aromatic heterocycles. The first-order chi connectivity index (χ1) is 9.19. The monoisotopic (exact) mass is 279 g/mol. The SMILES string of the molecule is CCNCc1cccc(Oc2ccc(F)cc2Cl)c1. The van der Waals surface area contributed by atoms with Crippen LogP contribution >= 0.6 is 11.6 Å². The maximum Gasteiger partial charge on any atom is 0.146 e. The van der Waals surface area contributed by atoms with Crippen LogP contribution in [-0.2, 0) is 6.54 Å². The zero-order valence-electron chi connectivity index (χ0n) is 10.6. The predicted molar refractivity (Wildman–Crippen MR) is 75.3 cm³/mol. The quantitative estimate of drug-likeness (QED) is 0.877. The Kier molecular flexibility index (Phi) is 4.77. The molecule has 0 bridgehead atoms. The molecule has 2 nitrogen and oxygen atoms in total. The number of ether oxygens (including phenoxy) is 1. The largest absolute Gasteiger partial charge is 0.456 e. The molecular formula is C15H15ClFNO. The maximum absolute atomic E-state index is 12.9. The molecule has 0 atom stereocenters. The molecule has 0 fully saturated rings. The van der Waals surface area contributed by atoms with Gasteiger partial charge in [-0.05, 0) is 42.4 Å². The lowest BCUT2D eigenvalue weighted by Gasteiger charge is -2.09. The van der Waals surface area contributed by atoms with E-state index in [1.807, 2.05) is 24.3 Å². The van der Waals surface area contributed by atoms with Crippen molar-refractivity contribution in [2.24, 2.45) is 0 Å². The lowest BCUT2D eigenvalue weighted by Crippen LogP contribution is -2.11. The van der Waals surface area contributed by atoms with E-state index in [-0.39, 0.29) is 10.8 Å². The van der Waals surface area contributed by atoms with E-state index in [4.69, 9.17) is 16.3 Å². The van der Waals surface area contributed by atoms with E-state index in [0.717, 1.165) is 18.7 Å². The van der Waals surface area contributed by atoms with Crippen molar-refractivity contribution in [1.29, 1.82) is 0 Å². The van der Waals surface area contributed by atoms with Crippen LogP contribution in [0.15, 0.2) is 42.5 Å². The molecule has 0 heterocycles. The first kappa shape index (κ1) is 13.8. The van der Waals surface area contributed by atoms with Crippen LogP contribution in [-0.4, -0.2) is 6.54 Å². The Morgan fingerprint density at radius 2 is 2.05 bits per heavy atom. The molecule has 2 aromatic rings. The minimum absolute atomic E-state index is 0.261. The average molecular weight is 280 g/mol. The molecule has 0 unspecified atom stereocenters. The number of hydrogen-bond donors (Lipinski definition) is 1. The number of rotatable bonds is 5.